The smallest absolute Gasteiger partial charge is 0.341 e. The summed E-state index contributed by atoms with van der Waals surface area (Å²) in [5.41, 5.74) is 0.180. The van der Waals surface area contributed by atoms with Crippen LogP contribution < -0.4 is 9.88 Å². The van der Waals surface area contributed by atoms with Crippen LogP contribution in [0.2, 0.25) is 0 Å². The maximum absolute atomic E-state index is 11.7. The minimum absolute atomic E-state index is 0.0898. The van der Waals surface area contributed by atoms with E-state index in [1.807, 2.05) is 0 Å². The summed E-state index contributed by atoms with van der Waals surface area (Å²) in [6.07, 6.45) is 8.94. The molecule has 0 saturated carbocycles. The van der Waals surface area contributed by atoms with Gasteiger partial charge in [-0.25, -0.2) is 4.79 Å². The number of hydrogen-bond donors (Lipinski definition) is 2. The van der Waals surface area contributed by atoms with Crippen molar-refractivity contribution in [3.05, 3.63) is 30.1 Å². The maximum Gasteiger partial charge on any atom is 0.341 e. The molecule has 0 fully saturated rings. The number of pyridine rings is 1. The molecule has 0 aliphatic rings. The summed E-state index contributed by atoms with van der Waals surface area (Å²) < 4.78 is 1.58. The second kappa shape index (κ2) is 9.07. The van der Waals surface area contributed by atoms with Crippen molar-refractivity contribution in [1.29, 1.82) is 0 Å². The van der Waals surface area contributed by atoms with Gasteiger partial charge >= 0.3 is 5.97 Å². The van der Waals surface area contributed by atoms with Gasteiger partial charge in [0.2, 0.25) is 6.54 Å². The molecule has 20 heavy (non-hydrogen) atoms. The monoisotopic (exact) mass is 279 g/mol. The molecule has 0 aromatic carbocycles. The van der Waals surface area contributed by atoms with Gasteiger partial charge in [0.15, 0.2) is 12.4 Å². The van der Waals surface area contributed by atoms with Crippen LogP contribution in [0.1, 0.15) is 49.4 Å². The van der Waals surface area contributed by atoms with E-state index in [1.165, 1.54) is 31.5 Å². The number of amides is 1. The zero-order valence-corrected chi connectivity index (χ0v) is 12.0. The molecule has 5 heteroatoms. The Morgan fingerprint density at radius 2 is 2.00 bits per heavy atom. The van der Waals surface area contributed by atoms with Crippen LogP contribution in [-0.4, -0.2) is 23.5 Å². The minimum Gasteiger partial charge on any atom is -0.477 e. The zero-order chi connectivity index (χ0) is 14.8. The highest BCUT2D eigenvalue weighted by atomic mass is 16.4. The van der Waals surface area contributed by atoms with Crippen LogP contribution >= 0.6 is 0 Å². The summed E-state index contributed by atoms with van der Waals surface area (Å²) in [6, 6.07) is 3.13. The number of unbranched alkanes of at least 4 members (excludes halogenated alkanes) is 4. The van der Waals surface area contributed by atoms with Crippen molar-refractivity contribution >= 4 is 11.9 Å². The maximum atomic E-state index is 11.7. The number of nitrogens with zero attached hydrogens (tertiary/aromatic N) is 1. The third-order valence-electron chi connectivity index (χ3n) is 3.03. The van der Waals surface area contributed by atoms with Gasteiger partial charge in [-0.1, -0.05) is 32.6 Å². The van der Waals surface area contributed by atoms with Gasteiger partial charge in [-0.05, 0) is 12.5 Å². The molecular formula is C15H23N2O3+. The molecule has 0 saturated heterocycles. The van der Waals surface area contributed by atoms with Crippen molar-refractivity contribution in [1.82, 2.24) is 5.32 Å². The van der Waals surface area contributed by atoms with Crippen LogP contribution in [0.15, 0.2) is 24.5 Å². The number of aromatic carboxylic acids is 1. The Bertz CT molecular complexity index is 446. The number of hydrogen-bond acceptors (Lipinski definition) is 2. The van der Waals surface area contributed by atoms with Crippen molar-refractivity contribution in [2.45, 2.75) is 45.6 Å². The fraction of sp³-hybridized carbons (Fsp3) is 0.533. The summed E-state index contributed by atoms with van der Waals surface area (Å²) in [4.78, 5) is 22.5. The van der Waals surface area contributed by atoms with E-state index in [0.717, 1.165) is 12.8 Å². The van der Waals surface area contributed by atoms with Gasteiger partial charge in [0.05, 0.1) is 0 Å². The van der Waals surface area contributed by atoms with Gasteiger partial charge in [-0.3, -0.25) is 4.79 Å². The lowest BCUT2D eigenvalue weighted by Crippen LogP contribution is -2.43. The average Bonchev–Trinajstić information content (AvgIpc) is 2.43. The van der Waals surface area contributed by atoms with Crippen LogP contribution in [0.3, 0.4) is 0 Å². The zero-order valence-electron chi connectivity index (χ0n) is 12.0. The molecule has 0 bridgehead atoms. The van der Waals surface area contributed by atoms with E-state index >= 15 is 0 Å². The molecule has 110 valence electrons. The molecule has 0 atom stereocenters. The van der Waals surface area contributed by atoms with Crippen molar-refractivity contribution < 1.29 is 19.3 Å². The van der Waals surface area contributed by atoms with Crippen LogP contribution in [0.4, 0.5) is 0 Å². The van der Waals surface area contributed by atoms with E-state index in [1.54, 1.807) is 16.8 Å². The van der Waals surface area contributed by atoms with Crippen molar-refractivity contribution in [3.63, 3.8) is 0 Å². The van der Waals surface area contributed by atoms with Gasteiger partial charge in [0.1, 0.15) is 5.56 Å². The standard InChI is InChI=1S/C15H22N2O3/c1-2-3-4-5-6-9-16-14(18)12-17-10-7-8-13(11-17)15(19)20/h7-8,10-11H,2-6,9,12H2,1H3,(H-,16,18,19,20)/p+1. The largest absolute Gasteiger partial charge is 0.477 e. The van der Waals surface area contributed by atoms with Gasteiger partial charge in [0.25, 0.3) is 5.91 Å². The number of carbonyl (C=O) groups excluding carboxylic acids is 1. The average molecular weight is 279 g/mol. The molecule has 1 aromatic heterocycles. The summed E-state index contributed by atoms with van der Waals surface area (Å²) >= 11 is 0. The molecule has 0 aliphatic carbocycles. The first kappa shape index (κ1) is 16.1. The van der Waals surface area contributed by atoms with E-state index in [4.69, 9.17) is 5.11 Å². The topological polar surface area (TPSA) is 70.3 Å². The Morgan fingerprint density at radius 3 is 2.70 bits per heavy atom. The van der Waals surface area contributed by atoms with Gasteiger partial charge < -0.3 is 10.4 Å². The lowest BCUT2D eigenvalue weighted by atomic mass is 10.1. The molecule has 1 amide bonds. The van der Waals surface area contributed by atoms with Crippen molar-refractivity contribution in [2.75, 3.05) is 6.54 Å². The summed E-state index contributed by atoms with van der Waals surface area (Å²) in [5.74, 6) is -1.08. The number of nitrogens with one attached hydrogen (secondary N) is 1. The van der Waals surface area contributed by atoms with E-state index in [0.29, 0.717) is 6.54 Å². The molecule has 5 nitrogen and oxygen atoms in total. The first-order chi connectivity index (χ1) is 9.63. The van der Waals surface area contributed by atoms with Gasteiger partial charge in [0, 0.05) is 12.6 Å². The Hall–Kier alpha value is -1.91. The first-order valence-corrected chi connectivity index (χ1v) is 7.12. The lowest BCUT2D eigenvalue weighted by molar-refractivity contribution is -0.684. The molecule has 1 heterocycles. The third kappa shape index (κ3) is 6.31. The van der Waals surface area contributed by atoms with Gasteiger partial charge in [-0.15, -0.1) is 0 Å². The fourth-order valence-electron chi connectivity index (χ4n) is 1.92. The van der Waals surface area contributed by atoms with Crippen LogP contribution in [-0.2, 0) is 11.3 Å². The van der Waals surface area contributed by atoms with Crippen molar-refractivity contribution in [3.8, 4) is 0 Å². The van der Waals surface area contributed by atoms with E-state index < -0.39 is 5.97 Å². The Labute approximate surface area is 119 Å². The Morgan fingerprint density at radius 1 is 1.25 bits per heavy atom. The van der Waals surface area contributed by atoms with E-state index in [2.05, 4.69) is 12.2 Å². The van der Waals surface area contributed by atoms with Crippen LogP contribution in [0.5, 0.6) is 0 Å². The number of carboxylic acid groups (broad SMARTS) is 1. The summed E-state index contributed by atoms with van der Waals surface area (Å²) in [5, 5.41) is 11.7. The SMILES string of the molecule is CCCCCCCNC(=O)C[n+]1cccc(C(=O)O)c1. The predicted molar refractivity (Wildman–Crippen MR) is 75.4 cm³/mol. The minimum atomic E-state index is -0.990. The fourth-order valence-corrected chi connectivity index (χ4v) is 1.92. The lowest BCUT2D eigenvalue weighted by Gasteiger charge is -2.03. The molecule has 0 spiro atoms. The highest BCUT2D eigenvalue weighted by Gasteiger charge is 2.12. The predicted octanol–water partition coefficient (Wildman–Crippen LogP) is 1.76. The first-order valence-electron chi connectivity index (χ1n) is 7.12. The Kier molecular flexibility index (Phi) is 7.32. The van der Waals surface area contributed by atoms with E-state index in [9.17, 15) is 9.59 Å². The molecule has 2 N–H and O–H groups in total. The molecule has 0 aliphatic heterocycles. The molecule has 1 aromatic rings. The van der Waals surface area contributed by atoms with Crippen molar-refractivity contribution in [2.24, 2.45) is 0 Å². The highest BCUT2D eigenvalue weighted by molar-refractivity contribution is 5.86. The van der Waals surface area contributed by atoms with Gasteiger partial charge in [-0.2, -0.15) is 4.57 Å². The molecule has 0 unspecified atom stereocenters. The molecule has 0 radical (unpaired) electrons. The summed E-state index contributed by atoms with van der Waals surface area (Å²) in [7, 11) is 0. The number of aromatic nitrogens is 1. The second-order valence-corrected chi connectivity index (χ2v) is 4.83. The molecule has 1 rings (SSSR count). The highest BCUT2D eigenvalue weighted by Crippen LogP contribution is 2.01. The number of carbonyl (C=O) groups is 2. The van der Waals surface area contributed by atoms with E-state index in [-0.39, 0.29) is 18.0 Å². The quantitative estimate of drug-likeness (QED) is 0.534. The number of carboxylic acids is 1. The summed E-state index contributed by atoms with van der Waals surface area (Å²) in [6.45, 7) is 3.00. The normalized spacial score (nSPS) is 10.2. The third-order valence-corrected chi connectivity index (χ3v) is 3.03. The van der Waals surface area contributed by atoms with Crippen LogP contribution in [0, 0.1) is 0 Å². The molecular weight excluding hydrogens is 256 g/mol. The number of rotatable bonds is 9. The Balaban J connectivity index is 2.28. The second-order valence-electron chi connectivity index (χ2n) is 4.83. The van der Waals surface area contributed by atoms with Crippen LogP contribution in [0.25, 0.3) is 0 Å².